The van der Waals surface area contributed by atoms with Gasteiger partial charge in [0.05, 0.1) is 23.4 Å². The van der Waals surface area contributed by atoms with E-state index in [1.807, 2.05) is 0 Å². The van der Waals surface area contributed by atoms with Gasteiger partial charge in [0, 0.05) is 6.54 Å². The van der Waals surface area contributed by atoms with Crippen molar-refractivity contribution in [3.63, 3.8) is 0 Å². The van der Waals surface area contributed by atoms with Crippen molar-refractivity contribution in [2.45, 2.75) is 26.1 Å². The summed E-state index contributed by atoms with van der Waals surface area (Å²) in [5.41, 5.74) is 1.07. The molecule has 1 heterocycles. The Labute approximate surface area is 110 Å². The number of carbonyl (C=O) groups excluding carboxylic acids is 1. The lowest BCUT2D eigenvalue weighted by molar-refractivity contribution is -0.138. The number of hydrogen-bond donors (Lipinski definition) is 1. The molecule has 0 saturated heterocycles. The van der Waals surface area contributed by atoms with E-state index in [-0.39, 0.29) is 12.7 Å². The van der Waals surface area contributed by atoms with E-state index in [0.717, 1.165) is 0 Å². The molecular weight excluding hydrogens is 287 g/mol. The molecule has 0 bridgehead atoms. The zero-order chi connectivity index (χ0) is 15.5. The summed E-state index contributed by atoms with van der Waals surface area (Å²) in [7, 11) is 0. The Morgan fingerprint density at radius 1 is 1.45 bits per heavy atom. The molecule has 0 saturated carbocycles. The van der Waals surface area contributed by atoms with Crippen molar-refractivity contribution in [2.75, 3.05) is 6.61 Å². The standard InChI is InChI=1S/C11H11F5N2O2/c1-2-20-10(19)8-5(11(14,15)16)3-6(9(12)13)18-7(8)4-17/h3,9H,2,4,17H2,1H3. The SMILES string of the molecule is CCOC(=O)c1c(C(F)(F)F)cc(C(F)F)nc1CN. The summed E-state index contributed by atoms with van der Waals surface area (Å²) in [5.74, 6) is -1.30. The summed E-state index contributed by atoms with van der Waals surface area (Å²) < 4.78 is 68.2. The predicted molar refractivity (Wildman–Crippen MR) is 58.0 cm³/mol. The number of esters is 1. The highest BCUT2D eigenvalue weighted by atomic mass is 19.4. The molecule has 0 aliphatic rings. The molecule has 4 nitrogen and oxygen atoms in total. The summed E-state index contributed by atoms with van der Waals surface area (Å²) in [6.45, 7) is 0.628. The first-order valence-corrected chi connectivity index (χ1v) is 5.48. The van der Waals surface area contributed by atoms with Gasteiger partial charge in [0.1, 0.15) is 5.69 Å². The molecule has 0 atom stereocenters. The van der Waals surface area contributed by atoms with Gasteiger partial charge in [0.15, 0.2) is 0 Å². The van der Waals surface area contributed by atoms with E-state index in [0.29, 0.717) is 0 Å². The number of nitrogens with two attached hydrogens (primary N) is 1. The Morgan fingerprint density at radius 2 is 2.05 bits per heavy atom. The number of aromatic nitrogens is 1. The van der Waals surface area contributed by atoms with Crippen LogP contribution in [0.5, 0.6) is 0 Å². The van der Waals surface area contributed by atoms with Crippen LogP contribution in [0.25, 0.3) is 0 Å². The first-order valence-electron chi connectivity index (χ1n) is 5.48. The van der Waals surface area contributed by atoms with Crippen molar-refractivity contribution in [1.29, 1.82) is 0 Å². The maximum Gasteiger partial charge on any atom is 0.417 e. The van der Waals surface area contributed by atoms with Gasteiger partial charge in [-0.3, -0.25) is 0 Å². The number of halogens is 5. The third-order valence-electron chi connectivity index (χ3n) is 2.32. The Morgan fingerprint density at radius 3 is 2.45 bits per heavy atom. The largest absolute Gasteiger partial charge is 0.462 e. The van der Waals surface area contributed by atoms with Crippen molar-refractivity contribution in [3.8, 4) is 0 Å². The molecule has 0 aliphatic carbocycles. The third kappa shape index (κ3) is 3.41. The van der Waals surface area contributed by atoms with Crippen LogP contribution < -0.4 is 5.73 Å². The maximum atomic E-state index is 12.9. The highest BCUT2D eigenvalue weighted by Crippen LogP contribution is 2.35. The highest BCUT2D eigenvalue weighted by molar-refractivity contribution is 5.92. The minimum Gasteiger partial charge on any atom is -0.462 e. The van der Waals surface area contributed by atoms with Crippen LogP contribution in [-0.2, 0) is 17.5 Å². The lowest BCUT2D eigenvalue weighted by atomic mass is 10.0. The molecule has 0 aliphatic heterocycles. The molecule has 0 aromatic carbocycles. The lowest BCUT2D eigenvalue weighted by Gasteiger charge is -2.16. The Bertz CT molecular complexity index is 502. The molecule has 9 heteroatoms. The maximum absolute atomic E-state index is 12.9. The van der Waals surface area contributed by atoms with Crippen molar-refractivity contribution < 1.29 is 31.5 Å². The number of carbonyl (C=O) groups is 1. The van der Waals surface area contributed by atoms with Crippen LogP contribution in [0, 0.1) is 0 Å². The number of nitrogens with zero attached hydrogens (tertiary/aromatic N) is 1. The summed E-state index contributed by atoms with van der Waals surface area (Å²) in [4.78, 5) is 14.9. The lowest BCUT2D eigenvalue weighted by Crippen LogP contribution is -2.21. The molecular formula is C11H11F5N2O2. The molecule has 0 radical (unpaired) electrons. The van der Waals surface area contributed by atoms with E-state index in [4.69, 9.17) is 5.73 Å². The van der Waals surface area contributed by atoms with Gasteiger partial charge >= 0.3 is 12.1 Å². The number of ether oxygens (including phenoxy) is 1. The Kier molecular flexibility index (Phi) is 4.98. The van der Waals surface area contributed by atoms with Gasteiger partial charge < -0.3 is 10.5 Å². The molecule has 1 aromatic heterocycles. The topological polar surface area (TPSA) is 65.2 Å². The van der Waals surface area contributed by atoms with E-state index in [2.05, 4.69) is 9.72 Å². The van der Waals surface area contributed by atoms with Crippen molar-refractivity contribution in [1.82, 2.24) is 4.98 Å². The Balaban J connectivity index is 3.57. The predicted octanol–water partition coefficient (Wildman–Crippen LogP) is 2.67. The first-order chi connectivity index (χ1) is 9.22. The molecule has 0 amide bonds. The van der Waals surface area contributed by atoms with Crippen LogP contribution >= 0.6 is 0 Å². The smallest absolute Gasteiger partial charge is 0.417 e. The van der Waals surface area contributed by atoms with E-state index in [1.165, 1.54) is 6.92 Å². The zero-order valence-corrected chi connectivity index (χ0v) is 10.3. The summed E-state index contributed by atoms with van der Waals surface area (Å²) in [6, 6.07) is 0.135. The van der Waals surface area contributed by atoms with Gasteiger partial charge in [-0.2, -0.15) is 13.2 Å². The highest BCUT2D eigenvalue weighted by Gasteiger charge is 2.38. The average molecular weight is 298 g/mol. The van der Waals surface area contributed by atoms with Crippen LogP contribution in [0.15, 0.2) is 6.07 Å². The van der Waals surface area contributed by atoms with Gasteiger partial charge in [-0.1, -0.05) is 0 Å². The minimum atomic E-state index is -5.00. The van der Waals surface area contributed by atoms with Crippen molar-refractivity contribution in [3.05, 3.63) is 28.6 Å². The van der Waals surface area contributed by atoms with Gasteiger partial charge in [-0.15, -0.1) is 0 Å². The van der Waals surface area contributed by atoms with Crippen LogP contribution in [0.4, 0.5) is 22.0 Å². The normalized spacial score (nSPS) is 11.8. The summed E-state index contributed by atoms with van der Waals surface area (Å²) >= 11 is 0. The van der Waals surface area contributed by atoms with Gasteiger partial charge in [-0.25, -0.2) is 18.6 Å². The van der Waals surface area contributed by atoms with Crippen LogP contribution in [0.2, 0.25) is 0 Å². The second-order valence-corrected chi connectivity index (χ2v) is 3.64. The van der Waals surface area contributed by atoms with Gasteiger partial charge in [0.25, 0.3) is 6.43 Å². The van der Waals surface area contributed by atoms with Crippen LogP contribution in [0.1, 0.15) is 40.7 Å². The quantitative estimate of drug-likeness (QED) is 0.685. The van der Waals surface area contributed by atoms with Crippen molar-refractivity contribution >= 4 is 5.97 Å². The van der Waals surface area contributed by atoms with Crippen molar-refractivity contribution in [2.24, 2.45) is 5.73 Å². The fourth-order valence-electron chi connectivity index (χ4n) is 1.53. The van der Waals surface area contributed by atoms with E-state index >= 15 is 0 Å². The molecule has 0 fully saturated rings. The molecule has 20 heavy (non-hydrogen) atoms. The van der Waals surface area contributed by atoms with Gasteiger partial charge in [0.2, 0.25) is 0 Å². The van der Waals surface area contributed by atoms with Crippen LogP contribution in [0.3, 0.4) is 0 Å². The molecule has 2 N–H and O–H groups in total. The number of alkyl halides is 5. The zero-order valence-electron chi connectivity index (χ0n) is 10.3. The van der Waals surface area contributed by atoms with Crippen LogP contribution in [-0.4, -0.2) is 17.6 Å². The molecule has 1 aromatic rings. The Hall–Kier alpha value is -1.77. The van der Waals surface area contributed by atoms with E-state index in [9.17, 15) is 26.7 Å². The monoisotopic (exact) mass is 298 g/mol. The second-order valence-electron chi connectivity index (χ2n) is 3.64. The number of rotatable bonds is 4. The molecule has 0 spiro atoms. The third-order valence-corrected chi connectivity index (χ3v) is 2.32. The average Bonchev–Trinajstić information content (AvgIpc) is 2.36. The second kappa shape index (κ2) is 6.12. The number of hydrogen-bond acceptors (Lipinski definition) is 4. The summed E-state index contributed by atoms with van der Waals surface area (Å²) in [6.07, 6.45) is -8.21. The molecule has 1 rings (SSSR count). The minimum absolute atomic E-state index is 0.135. The fraction of sp³-hybridized carbons (Fsp3) is 0.455. The molecule has 0 unspecified atom stereocenters. The van der Waals surface area contributed by atoms with E-state index < -0.39 is 47.6 Å². The summed E-state index contributed by atoms with van der Waals surface area (Å²) in [5, 5.41) is 0. The van der Waals surface area contributed by atoms with Gasteiger partial charge in [-0.05, 0) is 13.0 Å². The first kappa shape index (κ1) is 16.3. The number of pyridine rings is 1. The molecule has 112 valence electrons. The fourth-order valence-corrected chi connectivity index (χ4v) is 1.53. The van der Waals surface area contributed by atoms with E-state index in [1.54, 1.807) is 0 Å².